The minimum absolute atomic E-state index is 0. The fraction of sp³-hybridized carbons (Fsp3) is 1.00. The third-order valence-electron chi connectivity index (χ3n) is 1.78. The van der Waals surface area contributed by atoms with Gasteiger partial charge in [-0.2, -0.15) is 0 Å². The van der Waals surface area contributed by atoms with Crippen molar-refractivity contribution in [1.29, 1.82) is 0 Å². The van der Waals surface area contributed by atoms with Gasteiger partial charge in [0.05, 0.1) is 11.0 Å². The molecule has 0 amide bonds. The van der Waals surface area contributed by atoms with Gasteiger partial charge < -0.3 is 4.55 Å². The van der Waals surface area contributed by atoms with Gasteiger partial charge in [-0.3, -0.25) is 4.21 Å². The van der Waals surface area contributed by atoms with Gasteiger partial charge in [-0.25, -0.2) is 8.42 Å². The van der Waals surface area contributed by atoms with Crippen molar-refractivity contribution in [3.05, 3.63) is 0 Å². The minimum Gasteiger partial charge on any atom is -0.772 e. The van der Waals surface area contributed by atoms with Crippen LogP contribution in [0.3, 0.4) is 0 Å². The molecular formula is C5H9NaO4S2. The summed E-state index contributed by atoms with van der Waals surface area (Å²) in [5.41, 5.74) is 0. The molecule has 1 fully saturated rings. The predicted octanol–water partition coefficient (Wildman–Crippen LogP) is -3.55. The number of hydrogen-bond acceptors (Lipinski definition) is 4. The summed E-state index contributed by atoms with van der Waals surface area (Å²) >= 11 is -2.23. The molecule has 1 heterocycles. The van der Waals surface area contributed by atoms with Crippen LogP contribution in [0.5, 0.6) is 0 Å². The molecule has 1 aliphatic heterocycles. The Morgan fingerprint density at radius 2 is 2.08 bits per heavy atom. The predicted molar refractivity (Wildman–Crippen MR) is 40.6 cm³/mol. The number of sulfone groups is 1. The third kappa shape index (κ3) is 3.43. The van der Waals surface area contributed by atoms with Crippen LogP contribution in [0.1, 0.15) is 12.8 Å². The zero-order valence-electron chi connectivity index (χ0n) is 6.86. The van der Waals surface area contributed by atoms with Crippen molar-refractivity contribution < 1.29 is 46.7 Å². The molecule has 4 nitrogen and oxygen atoms in total. The fourth-order valence-electron chi connectivity index (χ4n) is 1.20. The zero-order valence-corrected chi connectivity index (χ0v) is 10.5. The molecule has 1 aliphatic rings. The normalized spacial score (nSPS) is 29.2. The Hall–Kier alpha value is 1.06. The monoisotopic (exact) mass is 220 g/mol. The van der Waals surface area contributed by atoms with Crippen LogP contribution < -0.4 is 29.6 Å². The Morgan fingerprint density at radius 1 is 1.50 bits per heavy atom. The molecule has 0 aromatic heterocycles. The van der Waals surface area contributed by atoms with E-state index >= 15 is 0 Å². The van der Waals surface area contributed by atoms with Gasteiger partial charge >= 0.3 is 29.6 Å². The van der Waals surface area contributed by atoms with Crippen molar-refractivity contribution in [3.8, 4) is 0 Å². The second-order valence-electron chi connectivity index (χ2n) is 2.60. The number of hydrogen-bond donors (Lipinski definition) is 0. The van der Waals surface area contributed by atoms with Crippen molar-refractivity contribution in [2.24, 2.45) is 0 Å². The van der Waals surface area contributed by atoms with Crippen molar-refractivity contribution in [2.45, 2.75) is 18.1 Å². The molecule has 7 heteroatoms. The molecule has 0 bridgehead atoms. The van der Waals surface area contributed by atoms with Crippen molar-refractivity contribution >= 4 is 20.9 Å². The molecule has 66 valence electrons. The summed E-state index contributed by atoms with van der Waals surface area (Å²) in [4.78, 5) is 0. The van der Waals surface area contributed by atoms with Gasteiger partial charge in [0, 0.05) is 5.75 Å². The van der Waals surface area contributed by atoms with E-state index in [1.54, 1.807) is 0 Å². The van der Waals surface area contributed by atoms with Crippen LogP contribution in [0.2, 0.25) is 0 Å². The SMILES string of the molecule is O=S([O-])CC1CCCS1(=O)=O.[Na+]. The summed E-state index contributed by atoms with van der Waals surface area (Å²) in [6.45, 7) is 0. The molecular weight excluding hydrogens is 211 g/mol. The summed E-state index contributed by atoms with van der Waals surface area (Å²) in [6.07, 6.45) is 1.10. The zero-order chi connectivity index (χ0) is 8.48. The van der Waals surface area contributed by atoms with Crippen molar-refractivity contribution in [2.75, 3.05) is 11.5 Å². The molecule has 0 aromatic carbocycles. The summed E-state index contributed by atoms with van der Waals surface area (Å²) in [6, 6.07) is 0. The Balaban J connectivity index is 0.00000121. The molecule has 0 spiro atoms. The average Bonchev–Trinajstić information content (AvgIpc) is 2.10. The van der Waals surface area contributed by atoms with E-state index in [0.717, 1.165) is 0 Å². The van der Waals surface area contributed by atoms with E-state index in [9.17, 15) is 17.2 Å². The fourth-order valence-corrected chi connectivity index (χ4v) is 4.26. The van der Waals surface area contributed by atoms with E-state index in [1.165, 1.54) is 0 Å². The van der Waals surface area contributed by atoms with Crippen molar-refractivity contribution in [3.63, 3.8) is 0 Å². The smallest absolute Gasteiger partial charge is 0.772 e. The van der Waals surface area contributed by atoms with E-state index in [2.05, 4.69) is 0 Å². The van der Waals surface area contributed by atoms with E-state index in [-0.39, 0.29) is 41.1 Å². The van der Waals surface area contributed by atoms with Gasteiger partial charge in [0.25, 0.3) is 0 Å². The first-order chi connectivity index (χ1) is 5.02. The maximum absolute atomic E-state index is 11.0. The van der Waals surface area contributed by atoms with Gasteiger partial charge in [0.2, 0.25) is 0 Å². The second-order valence-corrected chi connectivity index (χ2v) is 5.94. The van der Waals surface area contributed by atoms with Gasteiger partial charge in [0.15, 0.2) is 9.84 Å². The number of rotatable bonds is 2. The summed E-state index contributed by atoms with van der Waals surface area (Å²) in [7, 11) is -3.08. The molecule has 0 aromatic rings. The average molecular weight is 220 g/mol. The van der Waals surface area contributed by atoms with Gasteiger partial charge in [-0.15, -0.1) is 0 Å². The minimum atomic E-state index is -3.08. The molecule has 2 atom stereocenters. The van der Waals surface area contributed by atoms with Crippen molar-refractivity contribution in [1.82, 2.24) is 0 Å². The summed E-state index contributed by atoms with van der Waals surface area (Å²) in [5.74, 6) is -0.0861. The Kier molecular flexibility index (Phi) is 5.52. The van der Waals surface area contributed by atoms with E-state index in [0.29, 0.717) is 12.8 Å². The van der Waals surface area contributed by atoms with Crippen LogP contribution in [-0.2, 0) is 20.9 Å². The van der Waals surface area contributed by atoms with Crippen LogP contribution in [0.15, 0.2) is 0 Å². The van der Waals surface area contributed by atoms with Crippen LogP contribution >= 0.6 is 0 Å². The quantitative estimate of drug-likeness (QED) is 0.357. The van der Waals surface area contributed by atoms with Crippen LogP contribution in [0.4, 0.5) is 0 Å². The summed E-state index contributed by atoms with van der Waals surface area (Å²) < 4.78 is 42.4. The molecule has 0 radical (unpaired) electrons. The molecule has 1 saturated heterocycles. The molecule has 2 unspecified atom stereocenters. The first-order valence-electron chi connectivity index (χ1n) is 3.30. The van der Waals surface area contributed by atoms with Crippen LogP contribution in [0.25, 0.3) is 0 Å². The topological polar surface area (TPSA) is 74.3 Å². The Bertz CT molecular complexity index is 261. The first kappa shape index (κ1) is 13.1. The third-order valence-corrected chi connectivity index (χ3v) is 4.95. The van der Waals surface area contributed by atoms with Gasteiger partial charge in [-0.1, -0.05) is 11.1 Å². The van der Waals surface area contributed by atoms with E-state index in [1.807, 2.05) is 0 Å². The standard InChI is InChI=1S/C5H10O4S2.Na/c6-10(7)4-5-2-1-3-11(5,8)9;/h5H,1-4H2,(H,6,7);/q;+1/p-1. The van der Waals surface area contributed by atoms with E-state index in [4.69, 9.17) is 0 Å². The Labute approximate surface area is 96.6 Å². The van der Waals surface area contributed by atoms with Gasteiger partial charge in [0.1, 0.15) is 0 Å². The largest absolute Gasteiger partial charge is 1.00 e. The maximum atomic E-state index is 11.0. The maximum Gasteiger partial charge on any atom is 1.00 e. The van der Waals surface area contributed by atoms with Crippen LogP contribution in [-0.4, -0.2) is 33.9 Å². The van der Waals surface area contributed by atoms with E-state index < -0.39 is 26.2 Å². The molecule has 1 rings (SSSR count). The second kappa shape index (κ2) is 5.07. The first-order valence-corrected chi connectivity index (χ1v) is 6.26. The molecule has 0 aliphatic carbocycles. The summed E-state index contributed by atoms with van der Waals surface area (Å²) in [5, 5.41) is -0.638. The Morgan fingerprint density at radius 3 is 2.42 bits per heavy atom. The van der Waals surface area contributed by atoms with Crippen LogP contribution in [0, 0.1) is 0 Å². The van der Waals surface area contributed by atoms with Gasteiger partial charge in [-0.05, 0) is 12.8 Å². The molecule has 12 heavy (non-hydrogen) atoms. The molecule has 0 N–H and O–H groups in total. The molecule has 0 saturated carbocycles.